The van der Waals surface area contributed by atoms with Crippen molar-refractivity contribution >= 4 is 15.9 Å². The van der Waals surface area contributed by atoms with Crippen LogP contribution in [0.15, 0.2) is 22.7 Å². The van der Waals surface area contributed by atoms with Crippen molar-refractivity contribution in [2.45, 2.75) is 39.7 Å². The summed E-state index contributed by atoms with van der Waals surface area (Å²) in [5.41, 5.74) is 10.3. The van der Waals surface area contributed by atoms with Crippen LogP contribution in [-0.2, 0) is 6.42 Å². The lowest BCUT2D eigenvalue weighted by molar-refractivity contribution is 0.665. The van der Waals surface area contributed by atoms with Crippen LogP contribution in [0.4, 0.5) is 0 Å². The second kappa shape index (κ2) is 5.84. The molecule has 1 unspecified atom stereocenters. The Labute approximate surface area is 122 Å². The number of rotatable bonds is 4. The van der Waals surface area contributed by atoms with Crippen molar-refractivity contribution in [3.05, 3.63) is 39.6 Å². The number of benzene rings is 1. The van der Waals surface area contributed by atoms with Crippen molar-refractivity contribution in [1.82, 2.24) is 15.0 Å². The Bertz CT molecular complexity index is 577. The van der Waals surface area contributed by atoms with Crippen LogP contribution in [0.25, 0.3) is 5.69 Å². The molecule has 2 rings (SSSR count). The van der Waals surface area contributed by atoms with E-state index in [0.717, 1.165) is 34.4 Å². The first-order valence-electron chi connectivity index (χ1n) is 6.55. The summed E-state index contributed by atoms with van der Waals surface area (Å²) < 4.78 is 2.94. The average Bonchev–Trinajstić information content (AvgIpc) is 2.84. The topological polar surface area (TPSA) is 56.7 Å². The highest BCUT2D eigenvalue weighted by atomic mass is 79.9. The van der Waals surface area contributed by atoms with Crippen molar-refractivity contribution in [3.63, 3.8) is 0 Å². The highest BCUT2D eigenvalue weighted by Crippen LogP contribution is 2.27. The van der Waals surface area contributed by atoms with E-state index in [2.05, 4.69) is 53.1 Å². The maximum absolute atomic E-state index is 6.10. The van der Waals surface area contributed by atoms with Crippen molar-refractivity contribution < 1.29 is 0 Å². The molecule has 0 spiro atoms. The predicted octanol–water partition coefficient (Wildman–Crippen LogP) is 3.31. The summed E-state index contributed by atoms with van der Waals surface area (Å²) in [7, 11) is 0. The molecule has 0 radical (unpaired) electrons. The van der Waals surface area contributed by atoms with E-state index < -0.39 is 0 Å². The summed E-state index contributed by atoms with van der Waals surface area (Å²) in [4.78, 5) is 0. The lowest BCUT2D eigenvalue weighted by Gasteiger charge is -2.11. The van der Waals surface area contributed by atoms with E-state index in [1.54, 1.807) is 0 Å². The molecule has 1 aromatic heterocycles. The first-order chi connectivity index (χ1) is 9.10. The van der Waals surface area contributed by atoms with Gasteiger partial charge in [-0.1, -0.05) is 31.2 Å². The van der Waals surface area contributed by atoms with Gasteiger partial charge in [-0.2, -0.15) is 0 Å². The van der Waals surface area contributed by atoms with Crippen LogP contribution in [0.3, 0.4) is 0 Å². The van der Waals surface area contributed by atoms with Gasteiger partial charge in [-0.3, -0.25) is 0 Å². The van der Waals surface area contributed by atoms with Gasteiger partial charge in [-0.25, -0.2) is 4.68 Å². The second-order valence-corrected chi connectivity index (χ2v) is 5.40. The normalized spacial score (nSPS) is 12.7. The summed E-state index contributed by atoms with van der Waals surface area (Å²) >= 11 is 3.62. The van der Waals surface area contributed by atoms with E-state index in [-0.39, 0.29) is 6.04 Å². The van der Waals surface area contributed by atoms with Crippen LogP contribution in [0, 0.1) is 6.92 Å². The van der Waals surface area contributed by atoms with Crippen LogP contribution >= 0.6 is 15.9 Å². The van der Waals surface area contributed by atoms with Gasteiger partial charge in [-0.15, -0.1) is 5.10 Å². The Kier molecular flexibility index (Phi) is 4.37. The van der Waals surface area contributed by atoms with Crippen LogP contribution in [-0.4, -0.2) is 15.0 Å². The SMILES string of the molecule is CCc1c(C(N)CC)nnn1-c1cccc(C)c1Br. The molecule has 0 aliphatic carbocycles. The van der Waals surface area contributed by atoms with Gasteiger partial charge < -0.3 is 5.73 Å². The van der Waals surface area contributed by atoms with Crippen LogP contribution in [0.2, 0.25) is 0 Å². The Balaban J connectivity index is 2.57. The molecule has 19 heavy (non-hydrogen) atoms. The Morgan fingerprint density at radius 2 is 2.11 bits per heavy atom. The molecule has 0 bridgehead atoms. The third kappa shape index (κ3) is 2.58. The largest absolute Gasteiger partial charge is 0.323 e. The van der Waals surface area contributed by atoms with E-state index >= 15 is 0 Å². The summed E-state index contributed by atoms with van der Waals surface area (Å²) in [5.74, 6) is 0. The molecule has 1 atom stereocenters. The molecule has 1 heterocycles. The minimum Gasteiger partial charge on any atom is -0.323 e. The van der Waals surface area contributed by atoms with Crippen molar-refractivity contribution in [2.24, 2.45) is 5.73 Å². The average molecular weight is 323 g/mol. The van der Waals surface area contributed by atoms with Gasteiger partial charge in [0.2, 0.25) is 0 Å². The molecular weight excluding hydrogens is 304 g/mol. The predicted molar refractivity (Wildman–Crippen MR) is 80.4 cm³/mol. The first-order valence-corrected chi connectivity index (χ1v) is 7.34. The molecule has 1 aromatic carbocycles. The smallest absolute Gasteiger partial charge is 0.103 e. The summed E-state index contributed by atoms with van der Waals surface area (Å²) in [6, 6.07) is 6.07. The zero-order chi connectivity index (χ0) is 14.0. The summed E-state index contributed by atoms with van der Waals surface area (Å²) in [6.07, 6.45) is 1.72. The standard InChI is InChI=1S/C14H19BrN4/c1-4-10(16)14-11(5-2)19(18-17-14)12-8-6-7-9(3)13(12)15/h6-8,10H,4-5,16H2,1-3H3. The fraction of sp³-hybridized carbons (Fsp3) is 0.429. The molecule has 0 saturated carbocycles. The van der Waals surface area contributed by atoms with Gasteiger partial charge in [0.25, 0.3) is 0 Å². The summed E-state index contributed by atoms with van der Waals surface area (Å²) in [5, 5.41) is 8.56. The fourth-order valence-corrected chi connectivity index (χ4v) is 2.55. The van der Waals surface area contributed by atoms with E-state index in [0.29, 0.717) is 0 Å². The van der Waals surface area contributed by atoms with E-state index in [1.165, 1.54) is 5.56 Å². The van der Waals surface area contributed by atoms with Gasteiger partial charge >= 0.3 is 0 Å². The number of aryl methyl sites for hydroxylation is 1. The molecule has 0 amide bonds. The van der Waals surface area contributed by atoms with E-state index in [1.807, 2.05) is 16.8 Å². The monoisotopic (exact) mass is 322 g/mol. The van der Waals surface area contributed by atoms with Crippen LogP contribution in [0.5, 0.6) is 0 Å². The minimum atomic E-state index is -0.0488. The first kappa shape index (κ1) is 14.2. The Morgan fingerprint density at radius 1 is 1.37 bits per heavy atom. The zero-order valence-corrected chi connectivity index (χ0v) is 13.1. The second-order valence-electron chi connectivity index (χ2n) is 4.61. The quantitative estimate of drug-likeness (QED) is 0.939. The van der Waals surface area contributed by atoms with Gasteiger partial charge in [0.1, 0.15) is 5.69 Å². The Morgan fingerprint density at radius 3 is 2.74 bits per heavy atom. The molecule has 2 N–H and O–H groups in total. The number of nitrogens with two attached hydrogens (primary N) is 1. The van der Waals surface area contributed by atoms with Crippen molar-refractivity contribution in [2.75, 3.05) is 0 Å². The van der Waals surface area contributed by atoms with E-state index in [9.17, 15) is 0 Å². The number of nitrogens with zero attached hydrogens (tertiary/aromatic N) is 3. The maximum Gasteiger partial charge on any atom is 0.103 e. The molecule has 0 aliphatic heterocycles. The van der Waals surface area contributed by atoms with Crippen LogP contribution in [0.1, 0.15) is 43.3 Å². The molecule has 2 aromatic rings. The number of hydrogen-bond acceptors (Lipinski definition) is 3. The number of halogens is 1. The minimum absolute atomic E-state index is 0.0488. The van der Waals surface area contributed by atoms with Crippen molar-refractivity contribution in [3.8, 4) is 5.69 Å². The molecular formula is C14H19BrN4. The maximum atomic E-state index is 6.10. The fourth-order valence-electron chi connectivity index (χ4n) is 2.11. The number of hydrogen-bond donors (Lipinski definition) is 1. The molecule has 102 valence electrons. The Hall–Kier alpha value is -1.20. The summed E-state index contributed by atoms with van der Waals surface area (Å²) in [6.45, 7) is 6.23. The van der Waals surface area contributed by atoms with Gasteiger partial charge in [-0.05, 0) is 47.3 Å². The molecule has 4 nitrogen and oxygen atoms in total. The van der Waals surface area contributed by atoms with Crippen LogP contribution < -0.4 is 5.73 Å². The third-order valence-corrected chi connectivity index (χ3v) is 4.35. The van der Waals surface area contributed by atoms with Gasteiger partial charge in [0.05, 0.1) is 17.4 Å². The lowest BCUT2D eigenvalue weighted by Crippen LogP contribution is -2.12. The lowest BCUT2D eigenvalue weighted by atomic mass is 10.1. The number of aromatic nitrogens is 3. The van der Waals surface area contributed by atoms with E-state index in [4.69, 9.17) is 5.73 Å². The molecule has 5 heteroatoms. The zero-order valence-electron chi connectivity index (χ0n) is 11.5. The van der Waals surface area contributed by atoms with Crippen molar-refractivity contribution in [1.29, 1.82) is 0 Å². The van der Waals surface area contributed by atoms with Gasteiger partial charge in [0.15, 0.2) is 0 Å². The molecule has 0 fully saturated rings. The third-order valence-electron chi connectivity index (χ3n) is 3.32. The van der Waals surface area contributed by atoms with Gasteiger partial charge in [0, 0.05) is 4.47 Å². The highest BCUT2D eigenvalue weighted by Gasteiger charge is 2.18. The highest BCUT2D eigenvalue weighted by molar-refractivity contribution is 9.10. The molecule has 0 saturated heterocycles. The molecule has 0 aliphatic rings.